The summed E-state index contributed by atoms with van der Waals surface area (Å²) in [5, 5.41) is 6.44. The SMILES string of the molecule is CC1(C)C(=O)NCCN1Cc1cc(C(=O)NN)no1. The van der Waals surface area contributed by atoms with Gasteiger partial charge in [0.05, 0.1) is 12.1 Å². The maximum Gasteiger partial charge on any atom is 0.287 e. The Morgan fingerprint density at radius 2 is 2.42 bits per heavy atom. The lowest BCUT2D eigenvalue weighted by molar-refractivity contribution is -0.135. The van der Waals surface area contributed by atoms with E-state index in [1.807, 2.05) is 24.2 Å². The van der Waals surface area contributed by atoms with Crippen LogP contribution in [0.1, 0.15) is 30.1 Å². The number of hydrogen-bond donors (Lipinski definition) is 3. The smallest absolute Gasteiger partial charge is 0.287 e. The highest BCUT2D eigenvalue weighted by Crippen LogP contribution is 2.20. The first-order chi connectivity index (χ1) is 8.95. The van der Waals surface area contributed by atoms with Crippen LogP contribution in [-0.2, 0) is 11.3 Å². The third-order valence-electron chi connectivity index (χ3n) is 3.28. The molecule has 2 amide bonds. The summed E-state index contributed by atoms with van der Waals surface area (Å²) in [6, 6.07) is 1.52. The summed E-state index contributed by atoms with van der Waals surface area (Å²) < 4.78 is 5.08. The third-order valence-corrected chi connectivity index (χ3v) is 3.28. The molecule has 104 valence electrons. The fourth-order valence-electron chi connectivity index (χ4n) is 1.98. The fourth-order valence-corrected chi connectivity index (χ4v) is 1.98. The largest absolute Gasteiger partial charge is 0.359 e. The van der Waals surface area contributed by atoms with E-state index in [1.165, 1.54) is 6.07 Å². The number of aromatic nitrogens is 1. The van der Waals surface area contributed by atoms with E-state index in [0.29, 0.717) is 25.4 Å². The molecule has 1 saturated heterocycles. The first kappa shape index (κ1) is 13.5. The van der Waals surface area contributed by atoms with Crippen LogP contribution in [0, 0.1) is 0 Å². The Balaban J connectivity index is 2.10. The standard InChI is InChI=1S/C11H17N5O3/c1-11(2)10(18)13-3-4-16(11)6-7-5-8(15-19-7)9(17)14-12/h5H,3-4,6,12H2,1-2H3,(H,13,18)(H,14,17). The third kappa shape index (κ3) is 2.59. The van der Waals surface area contributed by atoms with Gasteiger partial charge in [-0.15, -0.1) is 0 Å². The molecule has 1 fully saturated rings. The fraction of sp³-hybridized carbons (Fsp3) is 0.545. The van der Waals surface area contributed by atoms with Crippen molar-refractivity contribution in [3.63, 3.8) is 0 Å². The highest BCUT2D eigenvalue weighted by atomic mass is 16.5. The number of rotatable bonds is 3. The summed E-state index contributed by atoms with van der Waals surface area (Å²) in [5.41, 5.74) is 1.48. The zero-order chi connectivity index (χ0) is 14.0. The molecule has 1 aliphatic rings. The molecule has 1 aromatic heterocycles. The molecule has 8 heteroatoms. The van der Waals surface area contributed by atoms with Crippen LogP contribution in [0.3, 0.4) is 0 Å². The Morgan fingerprint density at radius 3 is 3.11 bits per heavy atom. The number of nitrogens with one attached hydrogen (secondary N) is 2. The number of nitrogens with two attached hydrogens (primary N) is 1. The molecule has 0 saturated carbocycles. The van der Waals surface area contributed by atoms with Crippen LogP contribution in [0.15, 0.2) is 10.6 Å². The monoisotopic (exact) mass is 267 g/mol. The summed E-state index contributed by atoms with van der Waals surface area (Å²) in [6.07, 6.45) is 0. The minimum absolute atomic E-state index is 0.0295. The van der Waals surface area contributed by atoms with E-state index in [0.717, 1.165) is 0 Å². The second-order valence-corrected chi connectivity index (χ2v) is 4.89. The van der Waals surface area contributed by atoms with Crippen molar-refractivity contribution in [3.05, 3.63) is 17.5 Å². The minimum Gasteiger partial charge on any atom is -0.359 e. The Morgan fingerprint density at radius 1 is 1.68 bits per heavy atom. The predicted octanol–water partition coefficient (Wildman–Crippen LogP) is -1.01. The minimum atomic E-state index is -0.624. The predicted molar refractivity (Wildman–Crippen MR) is 65.7 cm³/mol. The first-order valence-corrected chi connectivity index (χ1v) is 5.95. The van der Waals surface area contributed by atoms with Crippen molar-refractivity contribution in [1.29, 1.82) is 0 Å². The van der Waals surface area contributed by atoms with Gasteiger partial charge in [-0.05, 0) is 13.8 Å². The molecule has 0 unspecified atom stereocenters. The summed E-state index contributed by atoms with van der Waals surface area (Å²) >= 11 is 0. The van der Waals surface area contributed by atoms with Gasteiger partial charge >= 0.3 is 0 Å². The topological polar surface area (TPSA) is 113 Å². The number of hydrogen-bond acceptors (Lipinski definition) is 6. The number of nitrogen functional groups attached to an aromatic ring is 1. The van der Waals surface area contributed by atoms with Gasteiger partial charge in [0.2, 0.25) is 5.91 Å². The molecule has 4 N–H and O–H groups in total. The summed E-state index contributed by atoms with van der Waals surface area (Å²) in [5.74, 6) is 4.99. The Kier molecular flexibility index (Phi) is 3.54. The summed E-state index contributed by atoms with van der Waals surface area (Å²) in [6.45, 7) is 5.38. The lowest BCUT2D eigenvalue weighted by Gasteiger charge is -2.40. The van der Waals surface area contributed by atoms with Gasteiger partial charge < -0.3 is 9.84 Å². The normalized spacial score (nSPS) is 19.0. The number of carbonyl (C=O) groups is 2. The van der Waals surface area contributed by atoms with Gasteiger partial charge in [-0.1, -0.05) is 5.16 Å². The Hall–Kier alpha value is -1.93. The number of nitrogens with zero attached hydrogens (tertiary/aromatic N) is 2. The van der Waals surface area contributed by atoms with E-state index < -0.39 is 11.4 Å². The molecular formula is C11H17N5O3. The van der Waals surface area contributed by atoms with Crippen LogP contribution in [0.4, 0.5) is 0 Å². The summed E-state index contributed by atoms with van der Waals surface area (Å²) in [4.78, 5) is 25.0. The van der Waals surface area contributed by atoms with Crippen LogP contribution < -0.4 is 16.6 Å². The van der Waals surface area contributed by atoms with Gasteiger partial charge in [0, 0.05) is 19.2 Å². The number of piperazine rings is 1. The lowest BCUT2D eigenvalue weighted by Crippen LogP contribution is -2.61. The van der Waals surface area contributed by atoms with Crippen molar-refractivity contribution < 1.29 is 14.1 Å². The molecule has 19 heavy (non-hydrogen) atoms. The van der Waals surface area contributed by atoms with Crippen molar-refractivity contribution in [3.8, 4) is 0 Å². The average Bonchev–Trinajstić information content (AvgIpc) is 2.83. The lowest BCUT2D eigenvalue weighted by atomic mass is 9.99. The van der Waals surface area contributed by atoms with Gasteiger partial charge in [0.15, 0.2) is 11.5 Å². The maximum absolute atomic E-state index is 11.8. The van der Waals surface area contributed by atoms with Gasteiger partial charge in [0.25, 0.3) is 5.91 Å². The van der Waals surface area contributed by atoms with Gasteiger partial charge in [-0.2, -0.15) is 0 Å². The second kappa shape index (κ2) is 4.98. The van der Waals surface area contributed by atoms with Crippen molar-refractivity contribution in [2.75, 3.05) is 13.1 Å². The van der Waals surface area contributed by atoms with Gasteiger partial charge in [-0.25, -0.2) is 5.84 Å². The maximum atomic E-state index is 11.8. The van der Waals surface area contributed by atoms with Crippen LogP contribution in [0.25, 0.3) is 0 Å². The molecule has 2 heterocycles. The number of carbonyl (C=O) groups excluding carboxylic acids is 2. The zero-order valence-electron chi connectivity index (χ0n) is 10.9. The van der Waals surface area contributed by atoms with Gasteiger partial charge in [-0.3, -0.25) is 19.9 Å². The quantitative estimate of drug-likeness (QED) is 0.367. The van der Waals surface area contributed by atoms with E-state index in [9.17, 15) is 9.59 Å². The Labute approximate surface area is 110 Å². The molecule has 0 bridgehead atoms. The number of hydrazine groups is 1. The molecular weight excluding hydrogens is 250 g/mol. The molecule has 8 nitrogen and oxygen atoms in total. The zero-order valence-corrected chi connectivity index (χ0v) is 10.9. The van der Waals surface area contributed by atoms with Crippen molar-refractivity contribution in [1.82, 2.24) is 20.8 Å². The highest BCUT2D eigenvalue weighted by molar-refractivity contribution is 5.91. The summed E-state index contributed by atoms with van der Waals surface area (Å²) in [7, 11) is 0. The van der Waals surface area contributed by atoms with Crippen LogP contribution >= 0.6 is 0 Å². The van der Waals surface area contributed by atoms with Crippen LogP contribution in [0.5, 0.6) is 0 Å². The molecule has 0 atom stereocenters. The van der Waals surface area contributed by atoms with E-state index in [2.05, 4.69) is 10.5 Å². The highest BCUT2D eigenvalue weighted by Gasteiger charge is 2.38. The van der Waals surface area contributed by atoms with Gasteiger partial charge in [0.1, 0.15) is 0 Å². The molecule has 2 rings (SSSR count). The van der Waals surface area contributed by atoms with Crippen molar-refractivity contribution >= 4 is 11.8 Å². The van der Waals surface area contributed by atoms with E-state index in [1.54, 1.807) is 0 Å². The molecule has 0 aromatic carbocycles. The molecule has 0 spiro atoms. The number of amides is 2. The first-order valence-electron chi connectivity index (χ1n) is 5.95. The molecule has 1 aliphatic heterocycles. The molecule has 0 radical (unpaired) electrons. The van der Waals surface area contributed by atoms with E-state index >= 15 is 0 Å². The van der Waals surface area contributed by atoms with Crippen molar-refractivity contribution in [2.24, 2.45) is 5.84 Å². The molecule has 0 aliphatic carbocycles. The van der Waals surface area contributed by atoms with Crippen LogP contribution in [-0.4, -0.2) is 40.5 Å². The molecule has 1 aromatic rings. The Bertz CT molecular complexity index is 496. The average molecular weight is 267 g/mol. The second-order valence-electron chi connectivity index (χ2n) is 4.89. The van der Waals surface area contributed by atoms with E-state index in [-0.39, 0.29) is 11.6 Å². The van der Waals surface area contributed by atoms with E-state index in [4.69, 9.17) is 10.4 Å². The van der Waals surface area contributed by atoms with Crippen molar-refractivity contribution in [2.45, 2.75) is 25.9 Å². The van der Waals surface area contributed by atoms with Crippen LogP contribution in [0.2, 0.25) is 0 Å².